The first-order chi connectivity index (χ1) is 8.22. The van der Waals surface area contributed by atoms with Gasteiger partial charge in [0, 0.05) is 17.6 Å². The van der Waals surface area contributed by atoms with E-state index in [1.807, 2.05) is 12.1 Å². The van der Waals surface area contributed by atoms with Gasteiger partial charge in [-0.3, -0.25) is 0 Å². The van der Waals surface area contributed by atoms with Crippen LogP contribution < -0.4 is 10.6 Å². The highest BCUT2D eigenvalue weighted by Crippen LogP contribution is 2.09. The van der Waals surface area contributed by atoms with Gasteiger partial charge in [0.05, 0.1) is 0 Å². The molecule has 0 aliphatic carbocycles. The van der Waals surface area contributed by atoms with Crippen molar-refractivity contribution in [1.82, 2.24) is 10.6 Å². The predicted octanol–water partition coefficient (Wildman–Crippen LogP) is 2.86. The molecule has 1 aromatic carbocycles. The second-order valence-corrected chi connectivity index (χ2v) is 4.87. The monoisotopic (exact) mass is 254 g/mol. The average Bonchev–Trinajstić information content (AvgIpc) is 2.32. The number of hydrogen-bond acceptors (Lipinski definition) is 2. The Bertz CT molecular complexity index is 298. The zero-order valence-electron chi connectivity index (χ0n) is 10.8. The Morgan fingerprint density at radius 3 is 2.53 bits per heavy atom. The molecule has 2 N–H and O–H groups in total. The fourth-order valence-corrected chi connectivity index (χ4v) is 1.81. The summed E-state index contributed by atoms with van der Waals surface area (Å²) in [5.74, 6) is 0. The summed E-state index contributed by atoms with van der Waals surface area (Å²) in [5.41, 5.74) is 1.33. The molecule has 2 nitrogen and oxygen atoms in total. The summed E-state index contributed by atoms with van der Waals surface area (Å²) in [6.45, 7) is 7.55. The summed E-state index contributed by atoms with van der Waals surface area (Å²) in [6.07, 6.45) is 2.24. The largest absolute Gasteiger partial charge is 0.315 e. The van der Waals surface area contributed by atoms with Crippen LogP contribution in [0, 0.1) is 0 Å². The van der Waals surface area contributed by atoms with E-state index < -0.39 is 0 Å². The van der Waals surface area contributed by atoms with Crippen LogP contribution in [-0.4, -0.2) is 25.7 Å². The molecule has 3 heteroatoms. The topological polar surface area (TPSA) is 24.1 Å². The van der Waals surface area contributed by atoms with E-state index in [2.05, 4.69) is 36.6 Å². The minimum absolute atomic E-state index is 0.522. The van der Waals surface area contributed by atoms with Crippen LogP contribution >= 0.6 is 11.6 Å². The SMILES string of the molecule is CCCNCC(C)NCCc1ccc(Cl)cc1. The maximum absolute atomic E-state index is 5.84. The zero-order chi connectivity index (χ0) is 12.5. The molecule has 0 aliphatic heterocycles. The van der Waals surface area contributed by atoms with Crippen molar-refractivity contribution in [1.29, 1.82) is 0 Å². The molecular weight excluding hydrogens is 232 g/mol. The molecule has 0 saturated heterocycles. The lowest BCUT2D eigenvalue weighted by Crippen LogP contribution is -2.37. The van der Waals surface area contributed by atoms with Gasteiger partial charge in [-0.15, -0.1) is 0 Å². The van der Waals surface area contributed by atoms with Gasteiger partial charge in [0.1, 0.15) is 0 Å². The van der Waals surface area contributed by atoms with Crippen molar-refractivity contribution >= 4 is 11.6 Å². The van der Waals surface area contributed by atoms with Crippen molar-refractivity contribution in [2.24, 2.45) is 0 Å². The third-order valence-electron chi connectivity index (χ3n) is 2.70. The van der Waals surface area contributed by atoms with Crippen LogP contribution in [0.25, 0.3) is 0 Å². The highest BCUT2D eigenvalue weighted by molar-refractivity contribution is 6.30. The van der Waals surface area contributed by atoms with Gasteiger partial charge in [-0.2, -0.15) is 0 Å². The normalized spacial score (nSPS) is 12.6. The Hall–Kier alpha value is -0.570. The number of benzene rings is 1. The van der Waals surface area contributed by atoms with Crippen LogP contribution in [-0.2, 0) is 6.42 Å². The summed E-state index contributed by atoms with van der Waals surface area (Å²) in [5, 5.41) is 7.72. The van der Waals surface area contributed by atoms with Gasteiger partial charge in [0.25, 0.3) is 0 Å². The Labute approximate surface area is 110 Å². The molecule has 0 bridgehead atoms. The molecule has 17 heavy (non-hydrogen) atoms. The zero-order valence-corrected chi connectivity index (χ0v) is 11.6. The lowest BCUT2D eigenvalue weighted by atomic mass is 10.1. The van der Waals surface area contributed by atoms with Gasteiger partial charge in [0.15, 0.2) is 0 Å². The van der Waals surface area contributed by atoms with E-state index in [0.717, 1.165) is 31.1 Å². The molecule has 1 rings (SSSR count). The molecule has 1 atom stereocenters. The molecule has 0 heterocycles. The van der Waals surface area contributed by atoms with Crippen molar-refractivity contribution in [3.05, 3.63) is 34.9 Å². The number of rotatable bonds is 8. The van der Waals surface area contributed by atoms with E-state index >= 15 is 0 Å². The second kappa shape index (κ2) is 8.51. The third-order valence-corrected chi connectivity index (χ3v) is 2.95. The van der Waals surface area contributed by atoms with E-state index in [9.17, 15) is 0 Å². The van der Waals surface area contributed by atoms with Gasteiger partial charge in [0.2, 0.25) is 0 Å². The molecule has 1 unspecified atom stereocenters. The summed E-state index contributed by atoms with van der Waals surface area (Å²) in [7, 11) is 0. The molecule has 0 amide bonds. The minimum Gasteiger partial charge on any atom is -0.315 e. The fourth-order valence-electron chi connectivity index (χ4n) is 1.68. The Kier molecular flexibility index (Phi) is 7.25. The molecule has 0 aromatic heterocycles. The highest BCUT2D eigenvalue weighted by atomic mass is 35.5. The molecule has 96 valence electrons. The van der Waals surface area contributed by atoms with Crippen LogP contribution in [0.1, 0.15) is 25.8 Å². The lowest BCUT2D eigenvalue weighted by Gasteiger charge is -2.14. The quantitative estimate of drug-likeness (QED) is 0.697. The van der Waals surface area contributed by atoms with Crippen LogP contribution in [0.4, 0.5) is 0 Å². The summed E-state index contributed by atoms with van der Waals surface area (Å²) in [6, 6.07) is 8.59. The second-order valence-electron chi connectivity index (χ2n) is 4.44. The Balaban J connectivity index is 2.12. The molecular formula is C14H23ClN2. The Morgan fingerprint density at radius 1 is 1.18 bits per heavy atom. The molecule has 0 saturated carbocycles. The van der Waals surface area contributed by atoms with Crippen molar-refractivity contribution in [3.63, 3.8) is 0 Å². The standard InChI is InChI=1S/C14H23ClN2/c1-3-9-16-11-12(2)17-10-8-13-4-6-14(15)7-5-13/h4-7,12,16-17H,3,8-11H2,1-2H3. The molecule has 0 spiro atoms. The van der Waals surface area contributed by atoms with Gasteiger partial charge < -0.3 is 10.6 Å². The van der Waals surface area contributed by atoms with E-state index in [1.54, 1.807) is 0 Å². The smallest absolute Gasteiger partial charge is 0.0406 e. The van der Waals surface area contributed by atoms with Crippen LogP contribution in [0.15, 0.2) is 24.3 Å². The molecule has 0 fully saturated rings. The lowest BCUT2D eigenvalue weighted by molar-refractivity contribution is 0.504. The van der Waals surface area contributed by atoms with Crippen molar-refractivity contribution in [2.45, 2.75) is 32.7 Å². The van der Waals surface area contributed by atoms with Crippen LogP contribution in [0.5, 0.6) is 0 Å². The maximum atomic E-state index is 5.84. The number of halogens is 1. The van der Waals surface area contributed by atoms with Crippen LogP contribution in [0.2, 0.25) is 5.02 Å². The van der Waals surface area contributed by atoms with Crippen molar-refractivity contribution in [3.8, 4) is 0 Å². The average molecular weight is 255 g/mol. The highest BCUT2D eigenvalue weighted by Gasteiger charge is 2.00. The van der Waals surface area contributed by atoms with E-state index in [1.165, 1.54) is 12.0 Å². The maximum Gasteiger partial charge on any atom is 0.0406 e. The molecule has 1 aromatic rings. The van der Waals surface area contributed by atoms with Gasteiger partial charge >= 0.3 is 0 Å². The van der Waals surface area contributed by atoms with Crippen molar-refractivity contribution in [2.75, 3.05) is 19.6 Å². The fraction of sp³-hybridized carbons (Fsp3) is 0.571. The van der Waals surface area contributed by atoms with E-state index in [0.29, 0.717) is 6.04 Å². The Morgan fingerprint density at radius 2 is 1.88 bits per heavy atom. The van der Waals surface area contributed by atoms with Gasteiger partial charge in [-0.05, 0) is 50.6 Å². The molecule has 0 aliphatic rings. The first kappa shape index (κ1) is 14.5. The van der Waals surface area contributed by atoms with Crippen molar-refractivity contribution < 1.29 is 0 Å². The predicted molar refractivity (Wildman–Crippen MR) is 75.8 cm³/mol. The van der Waals surface area contributed by atoms with E-state index in [4.69, 9.17) is 11.6 Å². The van der Waals surface area contributed by atoms with E-state index in [-0.39, 0.29) is 0 Å². The number of nitrogens with one attached hydrogen (secondary N) is 2. The first-order valence-electron chi connectivity index (χ1n) is 6.41. The summed E-state index contributed by atoms with van der Waals surface area (Å²) in [4.78, 5) is 0. The first-order valence-corrected chi connectivity index (χ1v) is 6.78. The number of hydrogen-bond donors (Lipinski definition) is 2. The third kappa shape index (κ3) is 6.67. The summed E-state index contributed by atoms with van der Waals surface area (Å²) >= 11 is 5.84. The minimum atomic E-state index is 0.522. The summed E-state index contributed by atoms with van der Waals surface area (Å²) < 4.78 is 0. The molecule has 0 radical (unpaired) electrons. The van der Waals surface area contributed by atoms with Gasteiger partial charge in [-0.25, -0.2) is 0 Å². The van der Waals surface area contributed by atoms with Gasteiger partial charge in [-0.1, -0.05) is 30.7 Å². The van der Waals surface area contributed by atoms with Crippen LogP contribution in [0.3, 0.4) is 0 Å².